The lowest BCUT2D eigenvalue weighted by Gasteiger charge is -2.25. The van der Waals surface area contributed by atoms with E-state index >= 15 is 0 Å². The van der Waals surface area contributed by atoms with Gasteiger partial charge in [0.25, 0.3) is 0 Å². The van der Waals surface area contributed by atoms with E-state index in [1.807, 2.05) is 0 Å². The molecule has 0 atom stereocenters. The van der Waals surface area contributed by atoms with Crippen LogP contribution in [0.15, 0.2) is 46.8 Å². The molecule has 0 aromatic heterocycles. The molecule has 0 aliphatic heterocycles. The number of nitrogens with zero attached hydrogens (tertiary/aromatic N) is 1. The van der Waals surface area contributed by atoms with E-state index < -0.39 is 8.07 Å². The van der Waals surface area contributed by atoms with Crippen LogP contribution in [0.2, 0.25) is 6.55 Å². The van der Waals surface area contributed by atoms with Crippen LogP contribution in [0.3, 0.4) is 0 Å². The second-order valence-electron chi connectivity index (χ2n) is 5.31. The molecule has 94 valence electrons. The van der Waals surface area contributed by atoms with Crippen molar-refractivity contribution in [1.82, 2.24) is 4.90 Å². The Balaban J connectivity index is 2.24. The van der Waals surface area contributed by atoms with Crippen LogP contribution in [0.25, 0.3) is 0 Å². The minimum Gasteiger partial charge on any atom is -0.299 e. The average molecular weight is 255 g/mol. The van der Waals surface area contributed by atoms with Gasteiger partial charge in [-0.1, -0.05) is 59.3 Å². The minimum absolute atomic E-state index is 0.851. The number of hydrogen-bond donors (Lipinski definition) is 0. The molecule has 2 aliphatic carbocycles. The minimum atomic E-state index is -1.74. The van der Waals surface area contributed by atoms with Crippen molar-refractivity contribution in [3.8, 4) is 11.5 Å². The first-order chi connectivity index (χ1) is 8.63. The monoisotopic (exact) mass is 255 g/mol. The Morgan fingerprint density at radius 1 is 1.11 bits per heavy atom. The van der Waals surface area contributed by atoms with Gasteiger partial charge in [-0.3, -0.25) is 4.90 Å². The SMILES string of the molecule is CN(C)CC#C[Si](C)(C1=CC=CC1)C1=CC=CC1. The maximum absolute atomic E-state index is 3.64. The first-order valence-corrected chi connectivity index (χ1v) is 9.00. The lowest BCUT2D eigenvalue weighted by atomic mass is 10.5. The third-order valence-electron chi connectivity index (χ3n) is 3.56. The van der Waals surface area contributed by atoms with E-state index in [0.717, 1.165) is 19.4 Å². The summed E-state index contributed by atoms with van der Waals surface area (Å²) in [6.45, 7) is 3.25. The summed E-state index contributed by atoms with van der Waals surface area (Å²) in [5, 5.41) is 3.12. The topological polar surface area (TPSA) is 3.24 Å². The van der Waals surface area contributed by atoms with E-state index in [4.69, 9.17) is 0 Å². The molecule has 0 amide bonds. The lowest BCUT2D eigenvalue weighted by Crippen LogP contribution is -2.34. The fourth-order valence-electron chi connectivity index (χ4n) is 2.38. The Morgan fingerprint density at radius 3 is 2.06 bits per heavy atom. The van der Waals surface area contributed by atoms with E-state index in [2.05, 4.69) is 73.5 Å². The van der Waals surface area contributed by atoms with Gasteiger partial charge in [0.15, 0.2) is 8.07 Å². The van der Waals surface area contributed by atoms with E-state index in [1.165, 1.54) is 0 Å². The highest BCUT2D eigenvalue weighted by Gasteiger charge is 2.34. The fourth-order valence-corrected chi connectivity index (χ4v) is 5.45. The van der Waals surface area contributed by atoms with Gasteiger partial charge in [-0.15, -0.1) is 5.54 Å². The zero-order valence-electron chi connectivity index (χ0n) is 11.5. The summed E-state index contributed by atoms with van der Waals surface area (Å²) in [6.07, 6.45) is 15.6. The van der Waals surface area contributed by atoms with Crippen molar-refractivity contribution in [1.29, 1.82) is 0 Å². The second kappa shape index (κ2) is 5.56. The second-order valence-corrected chi connectivity index (χ2v) is 9.10. The predicted octanol–water partition coefficient (Wildman–Crippen LogP) is 3.02. The normalized spacial score (nSPS) is 17.8. The fraction of sp³-hybridized carbons (Fsp3) is 0.375. The van der Waals surface area contributed by atoms with E-state index in [9.17, 15) is 0 Å². The van der Waals surface area contributed by atoms with Crippen LogP contribution in [0.4, 0.5) is 0 Å². The Labute approximate surface area is 112 Å². The molecule has 2 heteroatoms. The molecule has 1 nitrogen and oxygen atoms in total. The van der Waals surface area contributed by atoms with Crippen LogP contribution in [0, 0.1) is 11.5 Å². The van der Waals surface area contributed by atoms with Crippen LogP contribution < -0.4 is 0 Å². The summed E-state index contributed by atoms with van der Waals surface area (Å²) in [4.78, 5) is 2.13. The summed E-state index contributed by atoms with van der Waals surface area (Å²) in [6, 6.07) is 0. The highest BCUT2D eigenvalue weighted by molar-refractivity contribution is 6.98. The number of allylic oxidation sites excluding steroid dienone is 8. The van der Waals surface area contributed by atoms with Crippen molar-refractivity contribution in [3.63, 3.8) is 0 Å². The van der Waals surface area contributed by atoms with E-state index in [1.54, 1.807) is 10.4 Å². The Bertz CT molecular complexity index is 465. The maximum Gasteiger partial charge on any atom is 0.188 e. The van der Waals surface area contributed by atoms with Gasteiger partial charge in [0.2, 0.25) is 0 Å². The molecule has 0 radical (unpaired) electrons. The van der Waals surface area contributed by atoms with Crippen molar-refractivity contribution < 1.29 is 0 Å². The van der Waals surface area contributed by atoms with Gasteiger partial charge < -0.3 is 0 Å². The van der Waals surface area contributed by atoms with Gasteiger partial charge in [0, 0.05) is 0 Å². The zero-order chi connectivity index (χ0) is 13.0. The molecule has 0 heterocycles. The van der Waals surface area contributed by atoms with Gasteiger partial charge in [0.1, 0.15) is 0 Å². The number of hydrogen-bond acceptors (Lipinski definition) is 1. The van der Waals surface area contributed by atoms with Gasteiger partial charge >= 0.3 is 0 Å². The van der Waals surface area contributed by atoms with Crippen LogP contribution in [0.1, 0.15) is 12.8 Å². The average Bonchev–Trinajstić information content (AvgIpc) is 3.02. The van der Waals surface area contributed by atoms with Crippen LogP contribution in [-0.4, -0.2) is 33.6 Å². The van der Waals surface area contributed by atoms with Crippen LogP contribution in [-0.2, 0) is 0 Å². The maximum atomic E-state index is 3.64. The molecule has 18 heavy (non-hydrogen) atoms. The van der Waals surface area contributed by atoms with Crippen molar-refractivity contribution in [2.45, 2.75) is 19.4 Å². The van der Waals surface area contributed by atoms with Crippen molar-refractivity contribution >= 4 is 8.07 Å². The quantitative estimate of drug-likeness (QED) is 0.553. The molecule has 0 aromatic rings. The molecule has 0 spiro atoms. The van der Waals surface area contributed by atoms with Crippen LogP contribution in [0.5, 0.6) is 0 Å². The van der Waals surface area contributed by atoms with Gasteiger partial charge in [0.05, 0.1) is 6.54 Å². The molecule has 0 unspecified atom stereocenters. The Morgan fingerprint density at radius 2 is 1.67 bits per heavy atom. The molecular formula is C16H21NSi. The molecule has 0 N–H and O–H groups in total. The Hall–Kier alpha value is -1.30. The molecule has 0 aromatic carbocycles. The summed E-state index contributed by atoms with van der Waals surface area (Å²) < 4.78 is 0. The highest BCUT2D eigenvalue weighted by Crippen LogP contribution is 2.32. The van der Waals surface area contributed by atoms with Gasteiger partial charge in [-0.25, -0.2) is 0 Å². The summed E-state index contributed by atoms with van der Waals surface area (Å²) in [5.74, 6) is 3.38. The molecule has 0 saturated heterocycles. The van der Waals surface area contributed by atoms with Gasteiger partial charge in [-0.2, -0.15) is 0 Å². The third-order valence-corrected chi connectivity index (χ3v) is 7.55. The van der Waals surface area contributed by atoms with Crippen molar-refractivity contribution in [3.05, 3.63) is 46.8 Å². The first-order valence-electron chi connectivity index (χ1n) is 6.50. The summed E-state index contributed by atoms with van der Waals surface area (Å²) in [7, 11) is 2.40. The van der Waals surface area contributed by atoms with Gasteiger partial charge in [-0.05, 0) is 26.9 Å². The largest absolute Gasteiger partial charge is 0.299 e. The predicted molar refractivity (Wildman–Crippen MR) is 81.6 cm³/mol. The third kappa shape index (κ3) is 2.74. The first kappa shape index (κ1) is 13.1. The number of rotatable bonds is 3. The smallest absolute Gasteiger partial charge is 0.188 e. The molecule has 2 aliphatic rings. The zero-order valence-corrected chi connectivity index (χ0v) is 12.5. The van der Waals surface area contributed by atoms with Crippen molar-refractivity contribution in [2.75, 3.05) is 20.6 Å². The summed E-state index contributed by atoms with van der Waals surface area (Å²) in [5.41, 5.74) is 3.64. The van der Waals surface area contributed by atoms with E-state index in [0.29, 0.717) is 0 Å². The highest BCUT2D eigenvalue weighted by atomic mass is 28.3. The van der Waals surface area contributed by atoms with E-state index in [-0.39, 0.29) is 0 Å². The Kier molecular flexibility index (Phi) is 4.06. The molecule has 0 bridgehead atoms. The molecule has 2 rings (SSSR count). The summed E-state index contributed by atoms with van der Waals surface area (Å²) >= 11 is 0. The standard InChI is InChI=1S/C16H21NSi/c1-17(2)13-8-14-18(3,15-9-4-5-10-15)16-11-6-7-12-16/h4-7,9,11H,10,12-13H2,1-3H3. The molecular weight excluding hydrogens is 234 g/mol. The van der Waals surface area contributed by atoms with Crippen molar-refractivity contribution in [2.24, 2.45) is 0 Å². The lowest BCUT2D eigenvalue weighted by molar-refractivity contribution is 0.464. The van der Waals surface area contributed by atoms with Crippen LogP contribution >= 0.6 is 0 Å². The molecule has 0 saturated carbocycles. The molecule has 0 fully saturated rings.